The van der Waals surface area contributed by atoms with E-state index in [4.69, 9.17) is 0 Å². The Morgan fingerprint density at radius 2 is 2.17 bits per heavy atom. The monoisotopic (exact) mass is 565 g/mol. The van der Waals surface area contributed by atoms with Crippen molar-refractivity contribution in [2.45, 2.75) is 24.6 Å². The fraction of sp³-hybridized carbons (Fsp3) is 0.391. The van der Waals surface area contributed by atoms with Crippen LogP contribution in [0.3, 0.4) is 0 Å². The molecular weight excluding hydrogens is 543 g/mol. The number of benzene rings is 1. The molecule has 3 aromatic rings. The number of carbonyl (C=O) groups excluding carboxylic acids is 1. The summed E-state index contributed by atoms with van der Waals surface area (Å²) in [6.45, 7) is 3.58. The minimum Gasteiger partial charge on any atom is -0.453 e. The number of hydrogen-bond acceptors (Lipinski definition) is 7. The van der Waals surface area contributed by atoms with Crippen LogP contribution in [0.2, 0.25) is 0 Å². The first-order chi connectivity index (χ1) is 17.2. The zero-order chi connectivity index (χ0) is 25.5. The number of ether oxygens (including phenoxy) is 1. The number of nitrogens with one attached hydrogen (secondary N) is 3. The van der Waals surface area contributed by atoms with Crippen molar-refractivity contribution in [3.63, 3.8) is 0 Å². The van der Waals surface area contributed by atoms with Gasteiger partial charge >= 0.3 is 12.3 Å². The SMILES string of the molecule is COC(=O)Nc1ccc2c(-c3nc(N=CC4(N5CC5)CCCNC4)ncc3C(F)(F)F)c[nH]c2c1Br. The molecule has 1 atom stereocenters. The number of fused-ring (bicyclic) bond motifs is 1. The van der Waals surface area contributed by atoms with Gasteiger partial charge in [-0.1, -0.05) is 6.07 Å². The first kappa shape index (κ1) is 24.7. The second-order valence-corrected chi connectivity index (χ2v) is 9.52. The highest BCUT2D eigenvalue weighted by Gasteiger charge is 2.42. The van der Waals surface area contributed by atoms with Crippen LogP contribution in [0, 0.1) is 0 Å². The molecule has 3 N–H and O–H groups in total. The summed E-state index contributed by atoms with van der Waals surface area (Å²) >= 11 is 3.40. The molecule has 2 aliphatic rings. The van der Waals surface area contributed by atoms with Gasteiger partial charge in [-0.2, -0.15) is 13.2 Å². The van der Waals surface area contributed by atoms with Crippen LogP contribution >= 0.6 is 15.9 Å². The number of hydrogen-bond donors (Lipinski definition) is 3. The largest absolute Gasteiger partial charge is 0.453 e. The van der Waals surface area contributed by atoms with E-state index in [2.05, 4.69) is 56.1 Å². The quantitative estimate of drug-likeness (QED) is 0.305. The Balaban J connectivity index is 1.56. The minimum atomic E-state index is -4.67. The van der Waals surface area contributed by atoms with Crippen LogP contribution in [0.1, 0.15) is 18.4 Å². The average molecular weight is 566 g/mol. The van der Waals surface area contributed by atoms with Crippen molar-refractivity contribution in [1.29, 1.82) is 0 Å². The first-order valence-corrected chi connectivity index (χ1v) is 12.1. The molecule has 0 bridgehead atoms. The maximum absolute atomic E-state index is 13.9. The van der Waals surface area contributed by atoms with Gasteiger partial charge in [-0.05, 0) is 41.4 Å². The number of aliphatic imine (C=N–C) groups is 1. The van der Waals surface area contributed by atoms with Crippen LogP contribution in [0.15, 0.2) is 34.0 Å². The number of nitrogens with zero attached hydrogens (tertiary/aromatic N) is 4. The molecule has 4 heterocycles. The molecule has 0 radical (unpaired) electrons. The van der Waals surface area contributed by atoms with Crippen LogP contribution in [-0.2, 0) is 10.9 Å². The summed E-state index contributed by atoms with van der Waals surface area (Å²) in [5, 5.41) is 6.41. The molecule has 2 saturated heterocycles. The van der Waals surface area contributed by atoms with Crippen LogP contribution in [0.5, 0.6) is 0 Å². The smallest absolute Gasteiger partial charge is 0.419 e. The maximum Gasteiger partial charge on any atom is 0.419 e. The molecule has 5 rings (SSSR count). The Labute approximate surface area is 212 Å². The van der Waals surface area contributed by atoms with E-state index in [9.17, 15) is 18.0 Å². The van der Waals surface area contributed by atoms with Gasteiger partial charge in [-0.15, -0.1) is 0 Å². The summed E-state index contributed by atoms with van der Waals surface area (Å²) in [4.78, 5) is 29.5. The molecule has 0 spiro atoms. The zero-order valence-electron chi connectivity index (χ0n) is 19.2. The molecule has 0 saturated carbocycles. The lowest BCUT2D eigenvalue weighted by Gasteiger charge is -2.35. The normalized spacial score (nSPS) is 20.7. The van der Waals surface area contributed by atoms with Gasteiger partial charge in [0, 0.05) is 49.2 Å². The van der Waals surface area contributed by atoms with Gasteiger partial charge in [0.15, 0.2) is 0 Å². The standard InChI is InChI=1S/C23H23BrF3N7O2/c1-36-21(35)32-16-4-3-13-14(9-29-19(13)17(16)24)18-15(23(25,26)27)10-30-20(33-18)31-12-22(34-7-8-34)5-2-6-28-11-22/h3-4,9-10,12,28-29H,2,5-8,11H2,1H3,(H,32,35). The number of H-pyrrole nitrogens is 1. The van der Waals surface area contributed by atoms with E-state index in [0.29, 0.717) is 21.1 Å². The molecule has 1 aromatic carbocycles. The van der Waals surface area contributed by atoms with E-state index < -0.39 is 17.8 Å². The van der Waals surface area contributed by atoms with E-state index in [1.165, 1.54) is 13.3 Å². The highest BCUT2D eigenvalue weighted by atomic mass is 79.9. The predicted molar refractivity (Wildman–Crippen MR) is 133 cm³/mol. The molecule has 0 aliphatic carbocycles. The van der Waals surface area contributed by atoms with Gasteiger partial charge in [0.1, 0.15) is 5.56 Å². The van der Waals surface area contributed by atoms with Gasteiger partial charge in [0.25, 0.3) is 0 Å². The zero-order valence-corrected chi connectivity index (χ0v) is 20.8. The molecule has 1 unspecified atom stereocenters. The maximum atomic E-state index is 13.9. The number of carbonyl (C=O) groups is 1. The highest BCUT2D eigenvalue weighted by Crippen LogP contribution is 2.41. The molecule has 2 aliphatic heterocycles. The Kier molecular flexibility index (Phi) is 6.47. The molecule has 2 aromatic heterocycles. The molecule has 2 fully saturated rings. The van der Waals surface area contributed by atoms with Crippen molar-refractivity contribution in [1.82, 2.24) is 25.2 Å². The number of aromatic nitrogens is 3. The van der Waals surface area contributed by atoms with Crippen LogP contribution in [0.4, 0.5) is 29.6 Å². The lowest BCUT2D eigenvalue weighted by Crippen LogP contribution is -2.52. The van der Waals surface area contributed by atoms with E-state index in [1.54, 1.807) is 18.3 Å². The van der Waals surface area contributed by atoms with E-state index >= 15 is 0 Å². The van der Waals surface area contributed by atoms with Crippen LogP contribution < -0.4 is 10.6 Å². The van der Waals surface area contributed by atoms with E-state index in [1.807, 2.05) is 0 Å². The number of halogens is 4. The van der Waals surface area contributed by atoms with Gasteiger partial charge < -0.3 is 15.0 Å². The summed E-state index contributed by atoms with van der Waals surface area (Å²) < 4.78 is 46.9. The van der Waals surface area contributed by atoms with Crippen molar-refractivity contribution in [3.8, 4) is 11.3 Å². The molecule has 190 valence electrons. The van der Waals surface area contributed by atoms with Gasteiger partial charge in [0.2, 0.25) is 5.95 Å². The number of rotatable bonds is 5. The number of alkyl halides is 3. The number of aromatic amines is 1. The molecule has 13 heteroatoms. The van der Waals surface area contributed by atoms with Crippen molar-refractivity contribution in [3.05, 3.63) is 34.6 Å². The fourth-order valence-corrected chi connectivity index (χ4v) is 5.07. The minimum absolute atomic E-state index is 0.0396. The number of piperidine rings is 1. The third-order valence-corrected chi connectivity index (χ3v) is 7.27. The lowest BCUT2D eigenvalue weighted by molar-refractivity contribution is -0.137. The first-order valence-electron chi connectivity index (χ1n) is 11.3. The van der Waals surface area contributed by atoms with Gasteiger partial charge in [-0.25, -0.2) is 19.8 Å². The Hall–Kier alpha value is -3.03. The lowest BCUT2D eigenvalue weighted by atomic mass is 9.91. The molecular formula is C23H23BrF3N7O2. The second-order valence-electron chi connectivity index (χ2n) is 8.73. The fourth-order valence-electron chi connectivity index (χ4n) is 4.51. The third-order valence-electron chi connectivity index (χ3n) is 6.44. The van der Waals surface area contributed by atoms with Crippen LogP contribution in [-0.4, -0.2) is 71.0 Å². The average Bonchev–Trinajstić information content (AvgIpc) is 3.64. The van der Waals surface area contributed by atoms with E-state index in [0.717, 1.165) is 45.2 Å². The summed E-state index contributed by atoms with van der Waals surface area (Å²) in [5.74, 6) is -0.0396. The number of amides is 1. The summed E-state index contributed by atoms with van der Waals surface area (Å²) in [5.41, 5.74) is -0.396. The predicted octanol–water partition coefficient (Wildman–Crippen LogP) is 4.72. The van der Waals surface area contributed by atoms with Crippen molar-refractivity contribution in [2.24, 2.45) is 4.99 Å². The highest BCUT2D eigenvalue weighted by molar-refractivity contribution is 9.10. The van der Waals surface area contributed by atoms with E-state index in [-0.39, 0.29) is 22.7 Å². The summed E-state index contributed by atoms with van der Waals surface area (Å²) in [6, 6.07) is 3.17. The Morgan fingerprint density at radius 3 is 2.83 bits per heavy atom. The summed E-state index contributed by atoms with van der Waals surface area (Å²) in [6.07, 6.45) is 0.555. The second kappa shape index (κ2) is 9.45. The van der Waals surface area contributed by atoms with Gasteiger partial charge in [-0.3, -0.25) is 10.2 Å². The molecule has 9 nitrogen and oxygen atoms in total. The summed E-state index contributed by atoms with van der Waals surface area (Å²) in [7, 11) is 1.23. The number of anilines is 1. The van der Waals surface area contributed by atoms with Crippen molar-refractivity contribution >= 4 is 50.8 Å². The van der Waals surface area contributed by atoms with Crippen LogP contribution in [0.25, 0.3) is 22.2 Å². The molecule has 36 heavy (non-hydrogen) atoms. The Morgan fingerprint density at radius 1 is 1.36 bits per heavy atom. The topological polar surface area (TPSA) is 107 Å². The Bertz CT molecular complexity index is 1330. The van der Waals surface area contributed by atoms with Crippen molar-refractivity contribution in [2.75, 3.05) is 38.6 Å². The van der Waals surface area contributed by atoms with Gasteiger partial charge in [0.05, 0.1) is 34.0 Å². The van der Waals surface area contributed by atoms with Crippen molar-refractivity contribution < 1.29 is 22.7 Å². The number of methoxy groups -OCH3 is 1. The third kappa shape index (κ3) is 4.70. The molecule has 1 amide bonds.